The summed E-state index contributed by atoms with van der Waals surface area (Å²) >= 11 is 0. The van der Waals surface area contributed by atoms with Crippen molar-refractivity contribution in [2.75, 3.05) is 9.80 Å². The number of nitrogens with zero attached hydrogens (tertiary/aromatic N) is 6. The van der Waals surface area contributed by atoms with Crippen LogP contribution < -0.4 is 9.80 Å². The van der Waals surface area contributed by atoms with E-state index in [-0.39, 0.29) is 0 Å². The first-order chi connectivity index (χ1) is 46.7. The highest BCUT2D eigenvalue weighted by Gasteiger charge is 2.38. The molecule has 0 N–H and O–H groups in total. The van der Waals surface area contributed by atoms with Crippen LogP contribution in [0.3, 0.4) is 0 Å². The van der Waals surface area contributed by atoms with Crippen molar-refractivity contribution < 1.29 is 0 Å². The number of hydrogen-bond acceptors (Lipinski definition) is 4. The van der Waals surface area contributed by atoms with Crippen LogP contribution in [0.1, 0.15) is 0 Å². The molecule has 94 heavy (non-hydrogen) atoms. The highest BCUT2D eigenvalue weighted by Crippen LogP contribution is 2.60. The number of aromatic nitrogens is 4. The molecule has 4 heterocycles. The van der Waals surface area contributed by atoms with Gasteiger partial charge in [-0.25, -0.2) is 9.97 Å². The summed E-state index contributed by atoms with van der Waals surface area (Å²) in [5.74, 6) is 0. The van der Waals surface area contributed by atoms with Gasteiger partial charge in [-0.05, 0) is 108 Å². The largest absolute Gasteiger partial charge is 0.308 e. The van der Waals surface area contributed by atoms with Crippen molar-refractivity contribution in [2.45, 2.75) is 0 Å². The molecule has 0 saturated carbocycles. The normalized spacial score (nSPS) is 11.4. The molecular weight excluding hydrogens is 1140 g/mol. The lowest BCUT2D eigenvalue weighted by Crippen LogP contribution is -2.21. The first-order valence-corrected chi connectivity index (χ1v) is 32.0. The van der Waals surface area contributed by atoms with Crippen molar-refractivity contribution in [1.29, 1.82) is 0 Å². The van der Waals surface area contributed by atoms with Gasteiger partial charge < -0.3 is 18.9 Å². The summed E-state index contributed by atoms with van der Waals surface area (Å²) in [4.78, 5) is 16.4. The molecule has 442 valence electrons. The molecule has 17 rings (SSSR count). The van der Waals surface area contributed by atoms with Crippen LogP contribution in [0.4, 0.5) is 34.1 Å². The summed E-state index contributed by atoms with van der Waals surface area (Å²) < 4.78 is 5.15. The quantitative estimate of drug-likeness (QED) is 0.109. The standard InChI is InChI=1S/C88H60N6/c1-9-33-61(34-10-1)75-57-65(58-76(89-75)62-35-11-2-12-36-62)83-85(91(67-41-17-5-18-42-67)68-43-19-6-20-44-68)88(94-81-55-31-27-51-73(81)74-52-28-32-56-82(74)94)84(66-59-77(63-37-13-3-14-38-63)90-78(60-66)64-39-15-4-16-40-64)86(92(69-45-21-7-22-46-69)70-47-23-8-24-48-70)87(83)93-79-53-29-25-49-71(79)72-50-26-30-54-80(72)93/h1-60H. The molecule has 6 heteroatoms. The number of hydrogen-bond donors (Lipinski definition) is 0. The number of rotatable bonds is 14. The third-order valence-electron chi connectivity index (χ3n) is 18.0. The van der Waals surface area contributed by atoms with E-state index in [0.29, 0.717) is 0 Å². The van der Waals surface area contributed by atoms with Crippen molar-refractivity contribution in [3.05, 3.63) is 364 Å². The van der Waals surface area contributed by atoms with Crippen LogP contribution in [0.15, 0.2) is 364 Å². The third-order valence-corrected chi connectivity index (χ3v) is 18.0. The van der Waals surface area contributed by atoms with Gasteiger partial charge >= 0.3 is 0 Å². The van der Waals surface area contributed by atoms with E-state index in [0.717, 1.165) is 156 Å². The SMILES string of the molecule is c1ccc(-c2cc(-c3c(N(c4ccccc4)c4ccccc4)c(-n4c5ccccc5c5ccccc54)c(-c4cc(-c5ccccc5)nc(-c5ccccc5)c4)c(N(c4ccccc4)c4ccccc4)c3-n3c4ccccc4c4ccccc43)cc(-c3ccccc3)n2)cc1. The van der Waals surface area contributed by atoms with Crippen LogP contribution in [0, 0.1) is 0 Å². The Labute approximate surface area is 546 Å². The fourth-order valence-electron chi connectivity index (χ4n) is 13.9. The molecule has 0 saturated heterocycles. The summed E-state index contributed by atoms with van der Waals surface area (Å²) in [6, 6.07) is 132. The van der Waals surface area contributed by atoms with Crippen LogP contribution >= 0.6 is 0 Å². The molecule has 0 spiro atoms. The van der Waals surface area contributed by atoms with Gasteiger partial charge in [0.2, 0.25) is 0 Å². The van der Waals surface area contributed by atoms with Crippen molar-refractivity contribution in [2.24, 2.45) is 0 Å². The van der Waals surface area contributed by atoms with E-state index in [1.54, 1.807) is 0 Å². The summed E-state index contributed by atoms with van der Waals surface area (Å²) in [5.41, 5.74) is 23.0. The molecule has 13 aromatic carbocycles. The van der Waals surface area contributed by atoms with Gasteiger partial charge in [-0.2, -0.15) is 0 Å². The Kier molecular flexibility index (Phi) is 14.1. The van der Waals surface area contributed by atoms with Crippen LogP contribution in [0.5, 0.6) is 0 Å². The molecule has 0 atom stereocenters. The Bertz CT molecular complexity index is 4930. The second-order valence-corrected chi connectivity index (χ2v) is 23.6. The van der Waals surface area contributed by atoms with Crippen LogP contribution in [0.25, 0.3) is 122 Å². The number of anilines is 6. The number of benzene rings is 13. The van der Waals surface area contributed by atoms with Crippen molar-refractivity contribution in [3.63, 3.8) is 0 Å². The molecule has 17 aromatic rings. The minimum atomic E-state index is 0.836. The number of pyridine rings is 2. The van der Waals surface area contributed by atoms with Crippen LogP contribution in [-0.4, -0.2) is 19.1 Å². The molecule has 0 fully saturated rings. The fourth-order valence-corrected chi connectivity index (χ4v) is 13.9. The Balaban J connectivity index is 1.24. The number of para-hydroxylation sites is 8. The summed E-state index contributed by atoms with van der Waals surface area (Å²) in [6.07, 6.45) is 0. The summed E-state index contributed by atoms with van der Waals surface area (Å²) in [5, 5.41) is 4.52. The van der Waals surface area contributed by atoms with Gasteiger partial charge in [0.25, 0.3) is 0 Å². The zero-order chi connectivity index (χ0) is 62.3. The second-order valence-electron chi connectivity index (χ2n) is 23.6. The van der Waals surface area contributed by atoms with Gasteiger partial charge in [0.1, 0.15) is 0 Å². The minimum absolute atomic E-state index is 0.836. The lowest BCUT2D eigenvalue weighted by Gasteiger charge is -2.38. The van der Waals surface area contributed by atoms with E-state index >= 15 is 0 Å². The molecule has 0 aliphatic carbocycles. The molecule has 0 aliphatic rings. The second kappa shape index (κ2) is 24.0. The van der Waals surface area contributed by atoms with E-state index < -0.39 is 0 Å². The van der Waals surface area contributed by atoms with Gasteiger partial charge in [0, 0.05) is 77.7 Å². The van der Waals surface area contributed by atoms with Gasteiger partial charge in [-0.1, -0.05) is 267 Å². The minimum Gasteiger partial charge on any atom is -0.308 e. The molecule has 0 amide bonds. The molecular formula is C88H60N6. The molecule has 0 aliphatic heterocycles. The Morgan fingerprint density at radius 2 is 0.404 bits per heavy atom. The maximum atomic E-state index is 5.69. The Morgan fingerprint density at radius 3 is 0.638 bits per heavy atom. The highest BCUT2D eigenvalue weighted by atomic mass is 15.2. The van der Waals surface area contributed by atoms with E-state index in [2.05, 4.69) is 383 Å². The third kappa shape index (κ3) is 9.77. The van der Waals surface area contributed by atoms with Gasteiger partial charge in [0.05, 0.1) is 67.6 Å². The Morgan fingerprint density at radius 1 is 0.202 bits per heavy atom. The first kappa shape index (κ1) is 55.4. The van der Waals surface area contributed by atoms with E-state index in [1.165, 1.54) is 0 Å². The lowest BCUT2D eigenvalue weighted by molar-refractivity contribution is 1.11. The molecule has 0 bridgehead atoms. The number of fused-ring (bicyclic) bond motifs is 6. The predicted octanol–water partition coefficient (Wildman–Crippen LogP) is 23.6. The average Bonchev–Trinajstić information content (AvgIpc) is 1.27. The zero-order valence-electron chi connectivity index (χ0n) is 51.3. The van der Waals surface area contributed by atoms with Gasteiger partial charge in [0.15, 0.2) is 0 Å². The maximum Gasteiger partial charge on any atom is 0.0811 e. The highest BCUT2D eigenvalue weighted by molar-refractivity contribution is 6.19. The van der Waals surface area contributed by atoms with E-state index in [9.17, 15) is 0 Å². The van der Waals surface area contributed by atoms with Crippen molar-refractivity contribution >= 4 is 77.7 Å². The maximum absolute atomic E-state index is 5.69. The van der Waals surface area contributed by atoms with Crippen LogP contribution in [-0.2, 0) is 0 Å². The molecule has 0 unspecified atom stereocenters. The Hall–Kier alpha value is -12.6. The molecule has 4 aromatic heterocycles. The summed E-state index contributed by atoms with van der Waals surface area (Å²) in [7, 11) is 0. The van der Waals surface area contributed by atoms with Crippen LogP contribution in [0.2, 0.25) is 0 Å². The van der Waals surface area contributed by atoms with Gasteiger partial charge in [-0.15, -0.1) is 0 Å². The predicted molar refractivity (Wildman–Crippen MR) is 393 cm³/mol. The topological polar surface area (TPSA) is 42.1 Å². The van der Waals surface area contributed by atoms with Crippen molar-refractivity contribution in [1.82, 2.24) is 19.1 Å². The van der Waals surface area contributed by atoms with Gasteiger partial charge in [-0.3, -0.25) is 0 Å². The van der Waals surface area contributed by atoms with E-state index in [1.807, 2.05) is 0 Å². The zero-order valence-corrected chi connectivity index (χ0v) is 51.3. The average molecular weight is 1200 g/mol. The first-order valence-electron chi connectivity index (χ1n) is 32.0. The monoisotopic (exact) mass is 1200 g/mol. The smallest absolute Gasteiger partial charge is 0.0811 e. The van der Waals surface area contributed by atoms with E-state index in [4.69, 9.17) is 9.97 Å². The summed E-state index contributed by atoms with van der Waals surface area (Å²) in [6.45, 7) is 0. The lowest BCUT2D eigenvalue weighted by atomic mass is 9.87. The fraction of sp³-hybridized carbons (Fsp3) is 0. The molecule has 0 radical (unpaired) electrons. The van der Waals surface area contributed by atoms with Crippen molar-refractivity contribution in [3.8, 4) is 78.7 Å². The molecule has 6 nitrogen and oxygen atoms in total.